The first-order chi connectivity index (χ1) is 8.31. The quantitative estimate of drug-likeness (QED) is 0.794. The highest BCUT2D eigenvalue weighted by atomic mass is 15.2. The summed E-state index contributed by atoms with van der Waals surface area (Å²) in [6.45, 7) is 4.66. The third kappa shape index (κ3) is 1.89. The second kappa shape index (κ2) is 4.05. The molecular weight excluding hydrogens is 210 g/mol. The monoisotopic (exact) mass is 227 g/mol. The average molecular weight is 227 g/mol. The fourth-order valence-corrected chi connectivity index (χ4v) is 2.99. The van der Waals surface area contributed by atoms with Crippen LogP contribution >= 0.6 is 0 Å². The van der Waals surface area contributed by atoms with Crippen molar-refractivity contribution in [3.8, 4) is 6.07 Å². The van der Waals surface area contributed by atoms with Crippen LogP contribution in [0.25, 0.3) is 0 Å². The molecular formula is C14H17N3. The van der Waals surface area contributed by atoms with Crippen molar-refractivity contribution in [1.29, 1.82) is 5.26 Å². The summed E-state index contributed by atoms with van der Waals surface area (Å²) < 4.78 is 0. The van der Waals surface area contributed by atoms with Gasteiger partial charge in [0.1, 0.15) is 0 Å². The van der Waals surface area contributed by atoms with Gasteiger partial charge in [-0.2, -0.15) is 5.26 Å². The summed E-state index contributed by atoms with van der Waals surface area (Å²) in [5, 5.41) is 12.3. The number of benzene rings is 1. The Morgan fingerprint density at radius 1 is 1.24 bits per heavy atom. The molecule has 0 radical (unpaired) electrons. The molecule has 88 valence electrons. The van der Waals surface area contributed by atoms with Crippen LogP contribution in [0.5, 0.6) is 0 Å². The van der Waals surface area contributed by atoms with Crippen LogP contribution in [0.3, 0.4) is 0 Å². The first-order valence-corrected chi connectivity index (χ1v) is 6.27. The number of nitrogens with zero attached hydrogens (tertiary/aromatic N) is 2. The predicted molar refractivity (Wildman–Crippen MR) is 67.9 cm³/mol. The van der Waals surface area contributed by atoms with E-state index in [9.17, 15) is 0 Å². The second-order valence-corrected chi connectivity index (χ2v) is 5.30. The van der Waals surface area contributed by atoms with E-state index in [1.807, 2.05) is 12.1 Å². The third-order valence-corrected chi connectivity index (χ3v) is 3.97. The van der Waals surface area contributed by atoms with E-state index in [2.05, 4.69) is 28.4 Å². The molecule has 1 N–H and O–H groups in total. The second-order valence-electron chi connectivity index (χ2n) is 5.30. The van der Waals surface area contributed by atoms with Gasteiger partial charge in [-0.3, -0.25) is 0 Å². The van der Waals surface area contributed by atoms with Gasteiger partial charge in [0.05, 0.1) is 11.6 Å². The molecule has 17 heavy (non-hydrogen) atoms. The van der Waals surface area contributed by atoms with Gasteiger partial charge < -0.3 is 10.2 Å². The van der Waals surface area contributed by atoms with Crippen molar-refractivity contribution in [3.63, 3.8) is 0 Å². The maximum absolute atomic E-state index is 8.77. The molecule has 0 unspecified atom stereocenters. The maximum atomic E-state index is 8.77. The lowest BCUT2D eigenvalue weighted by molar-refractivity contribution is 0.157. The smallest absolute Gasteiger partial charge is 0.0991 e. The molecule has 3 heteroatoms. The van der Waals surface area contributed by atoms with Crippen LogP contribution in [0.4, 0.5) is 5.69 Å². The molecule has 3 rings (SSSR count). The maximum Gasteiger partial charge on any atom is 0.0991 e. The van der Waals surface area contributed by atoms with Gasteiger partial charge in [0, 0.05) is 30.7 Å². The minimum Gasteiger partial charge on any atom is -0.370 e. The summed E-state index contributed by atoms with van der Waals surface area (Å²) in [5.41, 5.74) is 2.51. The lowest BCUT2D eigenvalue weighted by atomic mass is 9.74. The molecule has 0 amide bonds. The van der Waals surface area contributed by atoms with Crippen LogP contribution < -0.4 is 10.2 Å². The first-order valence-electron chi connectivity index (χ1n) is 6.27. The summed E-state index contributed by atoms with van der Waals surface area (Å²) in [7, 11) is 0. The van der Waals surface area contributed by atoms with Crippen LogP contribution in [0, 0.1) is 16.7 Å². The highest BCUT2D eigenvalue weighted by molar-refractivity contribution is 5.52. The van der Waals surface area contributed by atoms with Gasteiger partial charge >= 0.3 is 0 Å². The van der Waals surface area contributed by atoms with E-state index in [0.29, 0.717) is 5.41 Å². The SMILES string of the molecule is N#Cc1ccc(N2CC3(CCCNC3)C2)cc1. The van der Waals surface area contributed by atoms with Crippen LogP contribution in [0.2, 0.25) is 0 Å². The van der Waals surface area contributed by atoms with E-state index in [4.69, 9.17) is 5.26 Å². The number of anilines is 1. The first kappa shape index (κ1) is 10.6. The topological polar surface area (TPSA) is 39.1 Å². The molecule has 0 atom stereocenters. The number of hydrogen-bond acceptors (Lipinski definition) is 3. The fraction of sp³-hybridized carbons (Fsp3) is 0.500. The van der Waals surface area contributed by atoms with Crippen LogP contribution in [0.1, 0.15) is 18.4 Å². The molecule has 0 bridgehead atoms. The van der Waals surface area contributed by atoms with Gasteiger partial charge in [0.15, 0.2) is 0 Å². The highest BCUT2D eigenvalue weighted by Crippen LogP contribution is 2.39. The molecule has 1 aromatic rings. The van der Waals surface area contributed by atoms with Gasteiger partial charge in [0.2, 0.25) is 0 Å². The van der Waals surface area contributed by atoms with E-state index in [1.165, 1.54) is 31.6 Å². The zero-order valence-corrected chi connectivity index (χ0v) is 9.95. The fourth-order valence-electron chi connectivity index (χ4n) is 2.99. The van der Waals surface area contributed by atoms with E-state index in [0.717, 1.165) is 18.7 Å². The van der Waals surface area contributed by atoms with E-state index < -0.39 is 0 Å². The molecule has 2 fully saturated rings. The number of nitrogens with one attached hydrogen (secondary N) is 1. The van der Waals surface area contributed by atoms with Gasteiger partial charge in [-0.1, -0.05) is 0 Å². The van der Waals surface area contributed by atoms with Gasteiger partial charge in [-0.05, 0) is 43.7 Å². The predicted octanol–water partition coefficient (Wildman–Crippen LogP) is 1.75. The van der Waals surface area contributed by atoms with Gasteiger partial charge in [-0.15, -0.1) is 0 Å². The van der Waals surface area contributed by atoms with Gasteiger partial charge in [0.25, 0.3) is 0 Å². The number of hydrogen-bond donors (Lipinski definition) is 1. The molecule has 0 aromatic heterocycles. The Hall–Kier alpha value is -1.53. The zero-order valence-electron chi connectivity index (χ0n) is 9.95. The van der Waals surface area contributed by atoms with Crippen molar-refractivity contribution >= 4 is 5.69 Å². The lowest BCUT2D eigenvalue weighted by Gasteiger charge is -2.53. The summed E-state index contributed by atoms with van der Waals surface area (Å²) in [6, 6.07) is 10.1. The Labute approximate surface area is 102 Å². The largest absolute Gasteiger partial charge is 0.370 e. The number of rotatable bonds is 1. The average Bonchev–Trinajstić information content (AvgIpc) is 2.37. The van der Waals surface area contributed by atoms with Crippen LogP contribution in [-0.2, 0) is 0 Å². The van der Waals surface area contributed by atoms with Crippen molar-refractivity contribution in [2.24, 2.45) is 5.41 Å². The molecule has 2 aliphatic rings. The number of nitriles is 1. The van der Waals surface area contributed by atoms with Crippen LogP contribution in [0.15, 0.2) is 24.3 Å². The zero-order chi connectivity index (χ0) is 11.7. The molecule has 2 aliphatic heterocycles. The molecule has 0 saturated carbocycles. The molecule has 3 nitrogen and oxygen atoms in total. The van der Waals surface area contributed by atoms with E-state index in [1.54, 1.807) is 0 Å². The Morgan fingerprint density at radius 2 is 2.00 bits per heavy atom. The lowest BCUT2D eigenvalue weighted by Crippen LogP contribution is -2.62. The Kier molecular flexibility index (Phi) is 2.53. The van der Waals surface area contributed by atoms with Crippen molar-refractivity contribution < 1.29 is 0 Å². The standard InChI is InChI=1S/C14H17N3/c15-8-12-2-4-13(5-3-12)17-10-14(11-17)6-1-7-16-9-14/h2-5,16H,1,6-7,9-11H2. The summed E-state index contributed by atoms with van der Waals surface area (Å²) in [4.78, 5) is 2.41. The molecule has 1 aromatic carbocycles. The van der Waals surface area contributed by atoms with Crippen LogP contribution in [-0.4, -0.2) is 26.2 Å². The minimum atomic E-state index is 0.520. The highest BCUT2D eigenvalue weighted by Gasteiger charge is 2.43. The van der Waals surface area contributed by atoms with E-state index in [-0.39, 0.29) is 0 Å². The Morgan fingerprint density at radius 3 is 2.59 bits per heavy atom. The molecule has 0 aliphatic carbocycles. The molecule has 2 saturated heterocycles. The minimum absolute atomic E-state index is 0.520. The van der Waals surface area contributed by atoms with Crippen molar-refractivity contribution in [1.82, 2.24) is 5.32 Å². The van der Waals surface area contributed by atoms with E-state index >= 15 is 0 Å². The molecule has 2 heterocycles. The summed E-state index contributed by atoms with van der Waals surface area (Å²) in [6.07, 6.45) is 2.66. The number of piperidine rings is 1. The Balaban J connectivity index is 1.66. The van der Waals surface area contributed by atoms with Crippen molar-refractivity contribution in [2.75, 3.05) is 31.1 Å². The van der Waals surface area contributed by atoms with Gasteiger partial charge in [-0.25, -0.2) is 0 Å². The van der Waals surface area contributed by atoms with Crippen molar-refractivity contribution in [3.05, 3.63) is 29.8 Å². The summed E-state index contributed by atoms with van der Waals surface area (Å²) in [5.74, 6) is 0. The third-order valence-electron chi connectivity index (χ3n) is 3.97. The molecule has 1 spiro atoms. The Bertz CT molecular complexity index is 430. The normalized spacial score (nSPS) is 21.9. The summed E-state index contributed by atoms with van der Waals surface area (Å²) >= 11 is 0. The van der Waals surface area contributed by atoms with Crippen molar-refractivity contribution in [2.45, 2.75) is 12.8 Å².